The second kappa shape index (κ2) is 9.95. The maximum Gasteiger partial charge on any atom is 0.0183 e. The van der Waals surface area contributed by atoms with Crippen LogP contribution in [-0.4, -0.2) is 17.1 Å². The fraction of sp³-hybridized carbons (Fsp3) is 0.357. The van der Waals surface area contributed by atoms with Crippen molar-refractivity contribution in [2.24, 2.45) is 0 Å². The number of rotatable bonds is 7. The fourth-order valence-electron chi connectivity index (χ4n) is 5.33. The molecule has 3 atom stereocenters. The third kappa shape index (κ3) is 4.39. The van der Waals surface area contributed by atoms with Gasteiger partial charge in [0.1, 0.15) is 0 Å². The van der Waals surface area contributed by atoms with Gasteiger partial charge in [-0.3, -0.25) is 4.44 Å². The second-order valence-electron chi connectivity index (χ2n) is 8.76. The molecule has 0 aliphatic carbocycles. The van der Waals surface area contributed by atoms with E-state index in [0.29, 0.717) is 11.3 Å². The molecule has 3 heteroatoms. The van der Waals surface area contributed by atoms with Gasteiger partial charge in [0.15, 0.2) is 0 Å². The van der Waals surface area contributed by atoms with Gasteiger partial charge in [-0.25, -0.2) is 0 Å². The van der Waals surface area contributed by atoms with E-state index in [9.17, 15) is 0 Å². The lowest BCUT2D eigenvalue weighted by Gasteiger charge is -2.41. The van der Waals surface area contributed by atoms with Gasteiger partial charge in [-0.15, -0.1) is 0 Å². The number of nitrogens with zero attached hydrogens (tertiary/aromatic N) is 1. The van der Waals surface area contributed by atoms with Gasteiger partial charge in [-0.2, -0.15) is 0 Å². The number of hydrogen-bond acceptors (Lipinski definition) is 1. The van der Waals surface area contributed by atoms with Crippen molar-refractivity contribution in [3.05, 3.63) is 102 Å². The van der Waals surface area contributed by atoms with Gasteiger partial charge in [0, 0.05) is 25.9 Å². The highest BCUT2D eigenvalue weighted by atomic mass is 31.2. The minimum Gasteiger partial charge on any atom is -0.255 e. The summed E-state index contributed by atoms with van der Waals surface area (Å²) in [4.78, 5) is 0. The summed E-state index contributed by atoms with van der Waals surface area (Å²) in [5.74, 6) is 0. The lowest BCUT2D eigenvalue weighted by Crippen LogP contribution is -2.22. The molecule has 5 rings (SSSR count). The Kier molecular flexibility index (Phi) is 6.85. The Labute approximate surface area is 190 Å². The first-order chi connectivity index (χ1) is 15.4. The summed E-state index contributed by atoms with van der Waals surface area (Å²) in [5.41, 5.74) is 6.12. The number of hydrogen-bond donors (Lipinski definition) is 0. The summed E-state index contributed by atoms with van der Waals surface area (Å²) < 4.78 is 3.07. The minimum absolute atomic E-state index is 0.219. The van der Waals surface area contributed by atoms with Gasteiger partial charge >= 0.3 is 0 Å². The molecule has 1 fully saturated rings. The monoisotopic (exact) mass is 445 g/mol. The highest BCUT2D eigenvalue weighted by Crippen LogP contribution is 2.76. The van der Waals surface area contributed by atoms with E-state index in [-0.39, 0.29) is 16.1 Å². The third-order valence-corrected chi connectivity index (χ3v) is 13.6. The van der Waals surface area contributed by atoms with Gasteiger partial charge in [-0.1, -0.05) is 98.3 Å². The van der Waals surface area contributed by atoms with Crippen molar-refractivity contribution in [3.63, 3.8) is 0 Å². The molecule has 0 bridgehead atoms. The molecule has 31 heavy (non-hydrogen) atoms. The molecule has 3 aromatic carbocycles. The Hall–Kier alpha value is -1.52. The highest BCUT2D eigenvalue weighted by molar-refractivity contribution is 7.75. The Balaban J connectivity index is 1.57. The van der Waals surface area contributed by atoms with Crippen molar-refractivity contribution in [2.75, 3.05) is 12.7 Å². The van der Waals surface area contributed by atoms with Crippen molar-refractivity contribution in [2.45, 2.75) is 50.3 Å². The summed E-state index contributed by atoms with van der Waals surface area (Å²) in [6.45, 7) is 3.61. The second-order valence-corrected chi connectivity index (χ2v) is 13.8. The Bertz CT molecular complexity index is 927. The van der Waals surface area contributed by atoms with Crippen LogP contribution in [0.4, 0.5) is 0 Å². The van der Waals surface area contributed by atoms with E-state index in [1.165, 1.54) is 44.8 Å². The van der Waals surface area contributed by atoms with Crippen LogP contribution in [0.2, 0.25) is 0 Å². The van der Waals surface area contributed by atoms with Crippen molar-refractivity contribution in [1.82, 2.24) is 4.44 Å². The Morgan fingerprint density at radius 1 is 0.774 bits per heavy atom. The molecule has 0 radical (unpaired) electrons. The van der Waals surface area contributed by atoms with Gasteiger partial charge in [0.05, 0.1) is 0 Å². The van der Waals surface area contributed by atoms with Crippen LogP contribution in [0.25, 0.3) is 0 Å². The molecule has 1 nitrogen and oxygen atoms in total. The first-order valence-electron chi connectivity index (χ1n) is 11.9. The molecular weight excluding hydrogens is 412 g/mol. The lowest BCUT2D eigenvalue weighted by atomic mass is 10.0. The molecule has 160 valence electrons. The lowest BCUT2D eigenvalue weighted by molar-refractivity contribution is 0.629. The van der Waals surface area contributed by atoms with Crippen molar-refractivity contribution in [1.29, 1.82) is 0 Å². The van der Waals surface area contributed by atoms with Crippen molar-refractivity contribution < 1.29 is 0 Å². The number of fused-ring (bicyclic) bond motifs is 1. The maximum absolute atomic E-state index is 3.07. The van der Waals surface area contributed by atoms with Crippen LogP contribution in [0.1, 0.15) is 60.6 Å². The standard InChI is InChI=1S/C28H33NP2/c1-2-3-21-29(30-22-20-25-16-10-11-17-26(25)30)31-27(23-12-6-4-7-13-23)18-19-28(31)24-14-8-5-9-15-24/h4-17,27-28H,2-3,18-22H2,1H3/t27-,28-,30?/m0/s1. The average molecular weight is 446 g/mol. The SMILES string of the molecule is CCCCN(P1CCc2ccccc21)P1[C@H](c2ccccc2)CC[C@H]1c1ccccc1. The first kappa shape index (κ1) is 21.3. The summed E-state index contributed by atoms with van der Waals surface area (Å²) >= 11 is 0. The first-order valence-corrected chi connectivity index (χ1v) is 14.8. The van der Waals surface area contributed by atoms with Crippen LogP contribution in [0.15, 0.2) is 84.9 Å². The molecule has 1 saturated heterocycles. The van der Waals surface area contributed by atoms with E-state index in [2.05, 4.69) is 96.3 Å². The van der Waals surface area contributed by atoms with Crippen LogP contribution in [0.5, 0.6) is 0 Å². The zero-order valence-corrected chi connectivity index (χ0v) is 20.3. The fourth-order valence-corrected chi connectivity index (χ4v) is 13.2. The maximum atomic E-state index is 3.07. The number of benzene rings is 3. The summed E-state index contributed by atoms with van der Waals surface area (Å²) in [6, 6.07) is 32.2. The number of aryl methyl sites for hydroxylation is 1. The van der Waals surface area contributed by atoms with Crippen LogP contribution in [-0.2, 0) is 6.42 Å². The molecule has 0 spiro atoms. The summed E-state index contributed by atoms with van der Waals surface area (Å²) in [5, 5.41) is 1.67. The van der Waals surface area contributed by atoms with Crippen LogP contribution in [0, 0.1) is 0 Å². The Morgan fingerprint density at radius 3 is 1.97 bits per heavy atom. The minimum atomic E-state index is -0.273. The zero-order valence-electron chi connectivity index (χ0n) is 18.5. The van der Waals surface area contributed by atoms with Gasteiger partial charge < -0.3 is 0 Å². The zero-order chi connectivity index (χ0) is 21.0. The highest BCUT2D eigenvalue weighted by Gasteiger charge is 2.44. The molecule has 0 aromatic heterocycles. The molecule has 3 aromatic rings. The van der Waals surface area contributed by atoms with Crippen LogP contribution in [0.3, 0.4) is 0 Å². The van der Waals surface area contributed by atoms with E-state index < -0.39 is 0 Å². The van der Waals surface area contributed by atoms with E-state index in [4.69, 9.17) is 0 Å². The van der Waals surface area contributed by atoms with E-state index >= 15 is 0 Å². The largest absolute Gasteiger partial charge is 0.255 e. The van der Waals surface area contributed by atoms with Gasteiger partial charge in [-0.05, 0) is 61.9 Å². The molecule has 2 aliphatic heterocycles. The predicted octanol–water partition coefficient (Wildman–Crippen LogP) is 8.04. The molecule has 0 amide bonds. The smallest absolute Gasteiger partial charge is 0.0183 e. The van der Waals surface area contributed by atoms with Crippen molar-refractivity contribution in [3.8, 4) is 0 Å². The quantitative estimate of drug-likeness (QED) is 0.333. The van der Waals surface area contributed by atoms with Gasteiger partial charge in [0.25, 0.3) is 0 Å². The number of unbranched alkanes of at least 4 members (excludes halogenated alkanes) is 1. The molecule has 2 aliphatic rings. The third-order valence-electron chi connectivity index (χ3n) is 6.84. The van der Waals surface area contributed by atoms with E-state index in [1.807, 2.05) is 0 Å². The van der Waals surface area contributed by atoms with Gasteiger partial charge in [0.2, 0.25) is 0 Å². The normalized spacial score (nSPS) is 23.4. The summed E-state index contributed by atoms with van der Waals surface area (Å²) in [7, 11) is -0.492. The molecular formula is C28H33NP2. The van der Waals surface area contributed by atoms with Crippen molar-refractivity contribution >= 4 is 21.4 Å². The van der Waals surface area contributed by atoms with Crippen LogP contribution < -0.4 is 5.30 Å². The average Bonchev–Trinajstić information content (AvgIpc) is 3.46. The molecule has 1 unspecified atom stereocenters. The van der Waals surface area contributed by atoms with E-state index in [0.717, 1.165) is 0 Å². The molecule has 0 N–H and O–H groups in total. The predicted molar refractivity (Wildman–Crippen MR) is 138 cm³/mol. The Morgan fingerprint density at radius 2 is 1.35 bits per heavy atom. The molecule has 0 saturated carbocycles. The molecule has 2 heterocycles. The topological polar surface area (TPSA) is 3.24 Å². The van der Waals surface area contributed by atoms with Crippen LogP contribution >= 0.6 is 16.1 Å². The summed E-state index contributed by atoms with van der Waals surface area (Å²) in [6.07, 6.45) is 7.84. The van der Waals surface area contributed by atoms with E-state index in [1.54, 1.807) is 22.0 Å².